The number of alkyl halides is 3. The molecule has 0 saturated heterocycles. The van der Waals surface area contributed by atoms with Crippen LogP contribution in [-0.4, -0.2) is 0 Å². The molecule has 0 amide bonds. The van der Waals surface area contributed by atoms with Crippen molar-refractivity contribution < 1.29 is 17.9 Å². The highest BCUT2D eigenvalue weighted by molar-refractivity contribution is 6.32. The summed E-state index contributed by atoms with van der Waals surface area (Å²) in [6, 6.07) is 8.66. The summed E-state index contributed by atoms with van der Waals surface area (Å²) in [6.45, 7) is 1.65. The highest BCUT2D eigenvalue weighted by atomic mass is 35.5. The van der Waals surface area contributed by atoms with E-state index in [9.17, 15) is 13.2 Å². The molecule has 0 spiro atoms. The quantitative estimate of drug-likeness (QED) is 0.872. The Bertz CT molecular complexity index is 656. The second-order valence-corrected chi connectivity index (χ2v) is 4.96. The molecule has 0 radical (unpaired) electrons. The van der Waals surface area contributed by atoms with Gasteiger partial charge in [-0.1, -0.05) is 17.7 Å². The van der Waals surface area contributed by atoms with E-state index in [2.05, 4.69) is 0 Å². The zero-order valence-electron chi connectivity index (χ0n) is 11.2. The first kappa shape index (κ1) is 15.7. The molecule has 2 rings (SSSR count). The molecule has 0 unspecified atom stereocenters. The number of aryl methyl sites for hydroxylation is 1. The van der Waals surface area contributed by atoms with Crippen LogP contribution in [0, 0.1) is 6.92 Å². The molecule has 112 valence electrons. The molecule has 0 fully saturated rings. The highest BCUT2D eigenvalue weighted by Gasteiger charge is 2.33. The molecule has 6 heteroatoms. The summed E-state index contributed by atoms with van der Waals surface area (Å²) >= 11 is 6.03. The lowest BCUT2D eigenvalue weighted by molar-refractivity contribution is -0.138. The van der Waals surface area contributed by atoms with Crippen molar-refractivity contribution in [2.45, 2.75) is 19.6 Å². The topological polar surface area (TPSA) is 35.2 Å². The van der Waals surface area contributed by atoms with Crippen LogP contribution in [0.5, 0.6) is 11.5 Å². The third-order valence-electron chi connectivity index (χ3n) is 2.92. The van der Waals surface area contributed by atoms with E-state index in [1.54, 1.807) is 18.2 Å². The third-order valence-corrected chi connectivity index (χ3v) is 3.21. The molecule has 2 aromatic carbocycles. The number of benzene rings is 2. The normalized spacial score (nSPS) is 11.5. The maximum atomic E-state index is 12.8. The number of hydrogen-bond donors (Lipinski definition) is 1. The zero-order valence-corrected chi connectivity index (χ0v) is 11.9. The summed E-state index contributed by atoms with van der Waals surface area (Å²) in [5.41, 5.74) is 5.56. The Labute approximate surface area is 125 Å². The monoisotopic (exact) mass is 315 g/mol. The predicted octanol–water partition coefficient (Wildman–Crippen LogP) is 4.92. The summed E-state index contributed by atoms with van der Waals surface area (Å²) < 4.78 is 43.9. The van der Waals surface area contributed by atoms with Gasteiger partial charge in [0.1, 0.15) is 11.5 Å². The Hall–Kier alpha value is -1.72. The second kappa shape index (κ2) is 5.95. The smallest absolute Gasteiger partial charge is 0.416 e. The lowest BCUT2D eigenvalue weighted by Crippen LogP contribution is -2.11. The first-order valence-corrected chi connectivity index (χ1v) is 6.53. The molecule has 0 atom stereocenters. The van der Waals surface area contributed by atoms with E-state index in [1.807, 2.05) is 6.92 Å². The molecular weight excluding hydrogens is 303 g/mol. The highest BCUT2D eigenvalue weighted by Crippen LogP contribution is 2.36. The van der Waals surface area contributed by atoms with E-state index in [4.69, 9.17) is 22.1 Å². The minimum Gasteiger partial charge on any atom is -0.456 e. The van der Waals surface area contributed by atoms with Crippen molar-refractivity contribution in [3.63, 3.8) is 0 Å². The van der Waals surface area contributed by atoms with Crippen LogP contribution in [0.3, 0.4) is 0 Å². The van der Waals surface area contributed by atoms with E-state index in [-0.39, 0.29) is 17.9 Å². The van der Waals surface area contributed by atoms with Crippen LogP contribution < -0.4 is 10.5 Å². The lowest BCUT2D eigenvalue weighted by Gasteiger charge is -2.14. The van der Waals surface area contributed by atoms with Gasteiger partial charge in [0, 0.05) is 6.54 Å². The summed E-state index contributed by atoms with van der Waals surface area (Å²) in [5, 5.41) is 0.393. The Morgan fingerprint density at radius 2 is 1.86 bits per heavy atom. The Kier molecular flexibility index (Phi) is 4.44. The van der Waals surface area contributed by atoms with Gasteiger partial charge >= 0.3 is 6.18 Å². The average molecular weight is 316 g/mol. The van der Waals surface area contributed by atoms with E-state index >= 15 is 0 Å². The van der Waals surface area contributed by atoms with E-state index in [0.29, 0.717) is 10.8 Å². The number of ether oxygens (including phenoxy) is 1. The van der Waals surface area contributed by atoms with Crippen molar-refractivity contribution in [2.24, 2.45) is 5.73 Å². The van der Waals surface area contributed by atoms with Gasteiger partial charge in [0.05, 0.1) is 10.6 Å². The van der Waals surface area contributed by atoms with Gasteiger partial charge in [-0.15, -0.1) is 0 Å². The number of rotatable bonds is 3. The molecule has 0 aliphatic carbocycles. The fraction of sp³-hybridized carbons (Fsp3) is 0.200. The van der Waals surface area contributed by atoms with E-state index in [1.165, 1.54) is 12.1 Å². The SMILES string of the molecule is Cc1ccc(Oc2ccc(C(F)(F)F)c(CN)c2)c(Cl)c1. The Balaban J connectivity index is 2.33. The van der Waals surface area contributed by atoms with Crippen LogP contribution in [0.15, 0.2) is 36.4 Å². The fourth-order valence-corrected chi connectivity index (χ4v) is 2.17. The molecule has 0 heterocycles. The van der Waals surface area contributed by atoms with Gasteiger partial charge in [0.25, 0.3) is 0 Å². The summed E-state index contributed by atoms with van der Waals surface area (Å²) in [4.78, 5) is 0. The third kappa shape index (κ3) is 3.68. The van der Waals surface area contributed by atoms with Crippen molar-refractivity contribution in [3.05, 3.63) is 58.1 Å². The zero-order chi connectivity index (χ0) is 15.6. The number of halogens is 4. The minimum atomic E-state index is -4.44. The summed E-state index contributed by atoms with van der Waals surface area (Å²) in [7, 11) is 0. The Morgan fingerprint density at radius 3 is 2.43 bits per heavy atom. The molecule has 0 aliphatic heterocycles. The molecule has 2 aromatic rings. The van der Waals surface area contributed by atoms with Crippen LogP contribution >= 0.6 is 11.6 Å². The number of nitrogens with two attached hydrogens (primary N) is 1. The summed E-state index contributed by atoms with van der Waals surface area (Å²) in [5.74, 6) is 0.638. The largest absolute Gasteiger partial charge is 0.456 e. The van der Waals surface area contributed by atoms with Gasteiger partial charge in [-0.2, -0.15) is 13.2 Å². The molecule has 0 bridgehead atoms. The van der Waals surface area contributed by atoms with Crippen LogP contribution in [0.25, 0.3) is 0 Å². The average Bonchev–Trinajstić information content (AvgIpc) is 2.40. The van der Waals surface area contributed by atoms with Crippen LogP contribution in [0.1, 0.15) is 16.7 Å². The molecule has 2 nitrogen and oxygen atoms in total. The van der Waals surface area contributed by atoms with Gasteiger partial charge in [0.2, 0.25) is 0 Å². The molecule has 0 aliphatic rings. The second-order valence-electron chi connectivity index (χ2n) is 4.56. The first-order valence-electron chi connectivity index (χ1n) is 6.15. The molecule has 2 N–H and O–H groups in total. The first-order chi connectivity index (χ1) is 9.81. The van der Waals surface area contributed by atoms with Crippen LogP contribution in [0.2, 0.25) is 5.02 Å². The van der Waals surface area contributed by atoms with Crippen molar-refractivity contribution in [3.8, 4) is 11.5 Å². The number of hydrogen-bond acceptors (Lipinski definition) is 2. The minimum absolute atomic E-state index is 0.0248. The van der Waals surface area contributed by atoms with Crippen molar-refractivity contribution in [1.82, 2.24) is 0 Å². The standard InChI is InChI=1S/C15H13ClF3NO/c1-9-2-5-14(13(16)6-9)21-11-3-4-12(15(17,18)19)10(7-11)8-20/h2-7H,8,20H2,1H3. The molecule has 0 aromatic heterocycles. The van der Waals surface area contributed by atoms with Crippen molar-refractivity contribution in [1.29, 1.82) is 0 Å². The maximum absolute atomic E-state index is 12.8. The fourth-order valence-electron chi connectivity index (χ4n) is 1.89. The molecular formula is C15H13ClF3NO. The van der Waals surface area contributed by atoms with Gasteiger partial charge in [-0.05, 0) is 48.4 Å². The maximum Gasteiger partial charge on any atom is 0.416 e. The van der Waals surface area contributed by atoms with E-state index in [0.717, 1.165) is 11.6 Å². The van der Waals surface area contributed by atoms with Gasteiger partial charge < -0.3 is 10.5 Å². The van der Waals surface area contributed by atoms with Crippen LogP contribution in [0.4, 0.5) is 13.2 Å². The predicted molar refractivity (Wildman–Crippen MR) is 75.6 cm³/mol. The lowest BCUT2D eigenvalue weighted by atomic mass is 10.1. The van der Waals surface area contributed by atoms with Crippen molar-refractivity contribution in [2.75, 3.05) is 0 Å². The summed E-state index contributed by atoms with van der Waals surface area (Å²) in [6.07, 6.45) is -4.44. The Morgan fingerprint density at radius 1 is 1.14 bits per heavy atom. The van der Waals surface area contributed by atoms with Gasteiger partial charge in [0.15, 0.2) is 0 Å². The van der Waals surface area contributed by atoms with Crippen LogP contribution in [-0.2, 0) is 12.7 Å². The van der Waals surface area contributed by atoms with Crippen molar-refractivity contribution >= 4 is 11.6 Å². The van der Waals surface area contributed by atoms with Gasteiger partial charge in [-0.3, -0.25) is 0 Å². The van der Waals surface area contributed by atoms with Gasteiger partial charge in [-0.25, -0.2) is 0 Å². The molecule has 0 saturated carbocycles. The van der Waals surface area contributed by atoms with E-state index < -0.39 is 11.7 Å². The molecule has 21 heavy (non-hydrogen) atoms.